The monoisotopic (exact) mass is 495 g/mol. The van der Waals surface area contributed by atoms with Crippen LogP contribution in [0, 0.1) is 18.8 Å². The summed E-state index contributed by atoms with van der Waals surface area (Å²) in [5.74, 6) is 6.20. The molecule has 1 aliphatic heterocycles. The van der Waals surface area contributed by atoms with Gasteiger partial charge >= 0.3 is 0 Å². The van der Waals surface area contributed by atoms with Crippen molar-refractivity contribution in [2.45, 2.75) is 43.7 Å². The number of aromatic amines is 1. The molecule has 3 heterocycles. The van der Waals surface area contributed by atoms with Gasteiger partial charge in [0.15, 0.2) is 0 Å². The Morgan fingerprint density at radius 1 is 1.32 bits per heavy atom. The highest BCUT2D eigenvalue weighted by Crippen LogP contribution is 2.43. The summed E-state index contributed by atoms with van der Waals surface area (Å²) in [6, 6.07) is 9.05. The SMILES string of the molecule is Cc1c(C#CC(C)(C)O)sc2c1SC[C@H](NC(=O)c1nnc(Cc3ccccc3)[nH]1)C(=O)N2C. The number of H-pyrrole nitrogens is 1. The second-order valence-electron chi connectivity index (χ2n) is 8.52. The van der Waals surface area contributed by atoms with Crippen LogP contribution in [0.5, 0.6) is 0 Å². The van der Waals surface area contributed by atoms with Crippen molar-refractivity contribution in [3.05, 3.63) is 58.0 Å². The molecule has 1 aliphatic rings. The average molecular weight is 496 g/mol. The van der Waals surface area contributed by atoms with Crippen LogP contribution >= 0.6 is 23.1 Å². The number of benzene rings is 1. The molecule has 8 nitrogen and oxygen atoms in total. The van der Waals surface area contributed by atoms with Crippen molar-refractivity contribution >= 4 is 39.9 Å². The van der Waals surface area contributed by atoms with Crippen molar-refractivity contribution in [2.75, 3.05) is 17.7 Å². The van der Waals surface area contributed by atoms with Gasteiger partial charge in [0.1, 0.15) is 22.5 Å². The second kappa shape index (κ2) is 9.62. The number of hydrogen-bond donors (Lipinski definition) is 3. The van der Waals surface area contributed by atoms with Crippen LogP contribution in [0.2, 0.25) is 0 Å². The Bertz CT molecular complexity index is 1280. The minimum atomic E-state index is -1.10. The first-order chi connectivity index (χ1) is 16.1. The maximum absolute atomic E-state index is 13.1. The summed E-state index contributed by atoms with van der Waals surface area (Å²) < 4.78 is 0. The van der Waals surface area contributed by atoms with Gasteiger partial charge in [0.2, 0.25) is 5.82 Å². The number of carbonyl (C=O) groups is 2. The summed E-state index contributed by atoms with van der Waals surface area (Å²) in [6.45, 7) is 5.21. The number of thioether (sulfide) groups is 1. The van der Waals surface area contributed by atoms with E-state index in [1.807, 2.05) is 37.3 Å². The quantitative estimate of drug-likeness (QED) is 0.480. The van der Waals surface area contributed by atoms with Gasteiger partial charge in [0.25, 0.3) is 11.8 Å². The Morgan fingerprint density at radius 2 is 2.06 bits per heavy atom. The first-order valence-electron chi connectivity index (χ1n) is 10.7. The Hall–Kier alpha value is -3.13. The van der Waals surface area contributed by atoms with Gasteiger partial charge in [-0.3, -0.25) is 9.59 Å². The fourth-order valence-electron chi connectivity index (χ4n) is 3.37. The van der Waals surface area contributed by atoms with Crippen LogP contribution in [-0.2, 0) is 11.2 Å². The van der Waals surface area contributed by atoms with Gasteiger partial charge < -0.3 is 20.3 Å². The normalized spacial score (nSPS) is 15.9. The number of aliphatic hydroxyl groups is 1. The number of thiophene rings is 1. The summed E-state index contributed by atoms with van der Waals surface area (Å²) >= 11 is 2.91. The van der Waals surface area contributed by atoms with Crippen LogP contribution in [-0.4, -0.2) is 56.5 Å². The van der Waals surface area contributed by atoms with Crippen LogP contribution in [0.1, 0.15) is 46.3 Å². The Kier molecular flexibility index (Phi) is 6.79. The molecule has 0 aliphatic carbocycles. The molecule has 3 aromatic rings. The maximum atomic E-state index is 13.1. The van der Waals surface area contributed by atoms with Crippen molar-refractivity contribution in [1.29, 1.82) is 0 Å². The summed E-state index contributed by atoms with van der Waals surface area (Å²) in [4.78, 5) is 32.2. The highest BCUT2D eigenvalue weighted by atomic mass is 32.2. The van der Waals surface area contributed by atoms with Gasteiger partial charge in [-0.05, 0) is 31.9 Å². The molecule has 3 N–H and O–H groups in total. The van der Waals surface area contributed by atoms with E-state index in [0.717, 1.165) is 25.9 Å². The van der Waals surface area contributed by atoms with Crippen LogP contribution in [0.4, 0.5) is 5.00 Å². The highest BCUT2D eigenvalue weighted by Gasteiger charge is 2.33. The van der Waals surface area contributed by atoms with E-state index in [1.54, 1.807) is 25.8 Å². The third kappa shape index (κ3) is 5.33. The van der Waals surface area contributed by atoms with Gasteiger partial charge in [-0.15, -0.1) is 33.3 Å². The minimum Gasteiger partial charge on any atom is -0.378 e. The van der Waals surface area contributed by atoms with Crippen LogP contribution < -0.4 is 10.2 Å². The van der Waals surface area contributed by atoms with Crippen LogP contribution in [0.15, 0.2) is 35.2 Å². The van der Waals surface area contributed by atoms with E-state index < -0.39 is 17.6 Å². The number of anilines is 1. The molecule has 0 fully saturated rings. The number of nitrogens with one attached hydrogen (secondary N) is 2. The number of rotatable bonds is 4. The van der Waals surface area contributed by atoms with E-state index in [4.69, 9.17) is 0 Å². The number of nitrogens with zero attached hydrogens (tertiary/aromatic N) is 3. The van der Waals surface area contributed by atoms with Gasteiger partial charge in [0.05, 0.1) is 4.88 Å². The van der Waals surface area contributed by atoms with Gasteiger partial charge in [0, 0.05) is 24.1 Å². The molecule has 0 saturated heterocycles. The zero-order valence-electron chi connectivity index (χ0n) is 19.3. The van der Waals surface area contributed by atoms with E-state index in [0.29, 0.717) is 18.0 Å². The predicted octanol–water partition coefficient (Wildman–Crippen LogP) is 2.75. The van der Waals surface area contributed by atoms with Gasteiger partial charge in [-0.2, -0.15) is 0 Å². The third-order valence-electron chi connectivity index (χ3n) is 5.15. The lowest BCUT2D eigenvalue weighted by molar-refractivity contribution is -0.119. The third-order valence-corrected chi connectivity index (χ3v) is 7.85. The zero-order valence-corrected chi connectivity index (χ0v) is 20.9. The average Bonchev–Trinajstić information content (AvgIpc) is 3.36. The standard InChI is InChI=1S/C24H25N5O3S2/c1-14-17(10-11-24(2,3)32)34-23-19(14)33-13-16(22(31)29(23)4)25-21(30)20-26-18(27-28-20)12-15-8-6-5-7-9-15/h5-9,16,32H,12-13H2,1-4H3,(H,25,30)(H,26,27,28)/t16-/m0/s1. The Morgan fingerprint density at radius 3 is 2.76 bits per heavy atom. The number of amides is 2. The molecule has 0 spiro atoms. The molecule has 0 radical (unpaired) electrons. The highest BCUT2D eigenvalue weighted by molar-refractivity contribution is 7.99. The molecule has 0 bridgehead atoms. The molecule has 1 aromatic carbocycles. The summed E-state index contributed by atoms with van der Waals surface area (Å²) in [5, 5.41) is 21.5. The minimum absolute atomic E-state index is 0.0748. The molecule has 0 unspecified atom stereocenters. The van der Waals surface area contributed by atoms with Crippen molar-refractivity contribution in [2.24, 2.45) is 0 Å². The lowest BCUT2D eigenvalue weighted by Gasteiger charge is -2.20. The van der Waals surface area contributed by atoms with Crippen molar-refractivity contribution in [3.8, 4) is 11.8 Å². The molecular weight excluding hydrogens is 470 g/mol. The smallest absolute Gasteiger partial charge is 0.289 e. The lowest BCUT2D eigenvalue weighted by Crippen LogP contribution is -2.48. The summed E-state index contributed by atoms with van der Waals surface area (Å²) in [5.41, 5.74) is 0.921. The topological polar surface area (TPSA) is 111 Å². The fourth-order valence-corrected chi connectivity index (χ4v) is 5.90. The van der Waals surface area contributed by atoms with E-state index in [-0.39, 0.29) is 11.7 Å². The molecule has 2 amide bonds. The van der Waals surface area contributed by atoms with E-state index in [1.165, 1.54) is 23.1 Å². The molecule has 34 heavy (non-hydrogen) atoms. The van der Waals surface area contributed by atoms with Crippen molar-refractivity contribution in [1.82, 2.24) is 20.5 Å². The first-order valence-corrected chi connectivity index (χ1v) is 12.5. The lowest BCUT2D eigenvalue weighted by atomic mass is 10.1. The maximum Gasteiger partial charge on any atom is 0.289 e. The summed E-state index contributed by atoms with van der Waals surface area (Å²) in [6.07, 6.45) is 0.528. The molecule has 4 rings (SSSR count). The molecule has 0 saturated carbocycles. The van der Waals surface area contributed by atoms with Crippen LogP contribution in [0.25, 0.3) is 0 Å². The zero-order chi connectivity index (χ0) is 24.5. The van der Waals surface area contributed by atoms with Gasteiger partial charge in [-0.25, -0.2) is 0 Å². The molecule has 1 atom stereocenters. The van der Waals surface area contributed by atoms with E-state index >= 15 is 0 Å². The molecular formula is C24H25N5O3S2. The number of hydrogen-bond acceptors (Lipinski definition) is 7. The number of likely N-dealkylation sites (N-methyl/N-ethyl adjacent to an activating group) is 1. The van der Waals surface area contributed by atoms with Crippen molar-refractivity contribution < 1.29 is 14.7 Å². The van der Waals surface area contributed by atoms with Crippen LogP contribution in [0.3, 0.4) is 0 Å². The number of fused-ring (bicyclic) bond motifs is 1. The van der Waals surface area contributed by atoms with E-state index in [2.05, 4.69) is 32.3 Å². The number of aromatic nitrogens is 3. The second-order valence-corrected chi connectivity index (χ2v) is 10.5. The Balaban J connectivity index is 1.46. The number of carbonyl (C=O) groups excluding carboxylic acids is 2. The predicted molar refractivity (Wildman–Crippen MR) is 133 cm³/mol. The summed E-state index contributed by atoms with van der Waals surface area (Å²) in [7, 11) is 1.70. The van der Waals surface area contributed by atoms with Crippen molar-refractivity contribution in [3.63, 3.8) is 0 Å². The molecule has 10 heteroatoms. The van der Waals surface area contributed by atoms with Gasteiger partial charge in [-0.1, -0.05) is 42.2 Å². The van der Waals surface area contributed by atoms with E-state index in [9.17, 15) is 14.7 Å². The molecule has 176 valence electrons. The Labute approximate surface area is 206 Å². The first kappa shape index (κ1) is 24.0. The fraction of sp³-hybridized carbons (Fsp3) is 0.333. The molecule has 2 aromatic heterocycles. The largest absolute Gasteiger partial charge is 0.378 e.